The number of benzene rings is 1. The molecule has 1 aliphatic rings. The van der Waals surface area contributed by atoms with Crippen LogP contribution in [0.5, 0.6) is 17.2 Å². The van der Waals surface area contributed by atoms with Crippen molar-refractivity contribution in [2.75, 3.05) is 32.9 Å². The monoisotopic (exact) mass is 322 g/mol. The van der Waals surface area contributed by atoms with Gasteiger partial charge < -0.3 is 24.8 Å². The van der Waals surface area contributed by atoms with Crippen molar-refractivity contribution in [1.82, 2.24) is 10.6 Å². The lowest BCUT2D eigenvalue weighted by molar-refractivity contribution is 0.0939. The summed E-state index contributed by atoms with van der Waals surface area (Å²) in [7, 11) is 0. The number of hydrogen-bond donors (Lipinski definition) is 2. The smallest absolute Gasteiger partial charge is 0.251 e. The molecule has 0 saturated carbocycles. The van der Waals surface area contributed by atoms with E-state index in [9.17, 15) is 4.79 Å². The van der Waals surface area contributed by atoms with Crippen LogP contribution < -0.4 is 24.8 Å². The van der Waals surface area contributed by atoms with Gasteiger partial charge in [0.1, 0.15) is 0 Å². The van der Waals surface area contributed by atoms with Crippen LogP contribution in [0.1, 0.15) is 37.6 Å². The van der Waals surface area contributed by atoms with Gasteiger partial charge in [-0.25, -0.2) is 0 Å². The van der Waals surface area contributed by atoms with E-state index in [0.29, 0.717) is 42.6 Å². The maximum Gasteiger partial charge on any atom is 0.251 e. The minimum Gasteiger partial charge on any atom is -0.490 e. The van der Waals surface area contributed by atoms with Gasteiger partial charge in [-0.3, -0.25) is 4.79 Å². The van der Waals surface area contributed by atoms with Crippen molar-refractivity contribution in [1.29, 1.82) is 0 Å². The summed E-state index contributed by atoms with van der Waals surface area (Å²) < 4.78 is 16.9. The Morgan fingerprint density at radius 3 is 2.22 bits per heavy atom. The van der Waals surface area contributed by atoms with Crippen LogP contribution in [0.25, 0.3) is 0 Å². The SMILES string of the molecule is CCOc1cc(C(=O)NC2CCNC2)cc(OCC)c1OCC. The Labute approximate surface area is 137 Å². The van der Waals surface area contributed by atoms with Gasteiger partial charge >= 0.3 is 0 Å². The van der Waals surface area contributed by atoms with Gasteiger partial charge in [-0.05, 0) is 45.9 Å². The van der Waals surface area contributed by atoms with Gasteiger partial charge in [-0.15, -0.1) is 0 Å². The molecule has 2 N–H and O–H groups in total. The molecule has 2 rings (SSSR count). The maximum absolute atomic E-state index is 12.5. The van der Waals surface area contributed by atoms with Crippen LogP contribution in [0.4, 0.5) is 0 Å². The molecule has 6 nitrogen and oxygen atoms in total. The number of amides is 1. The lowest BCUT2D eigenvalue weighted by Crippen LogP contribution is -2.36. The summed E-state index contributed by atoms with van der Waals surface area (Å²) in [5.41, 5.74) is 0.521. The first-order valence-corrected chi connectivity index (χ1v) is 8.27. The van der Waals surface area contributed by atoms with Crippen molar-refractivity contribution in [2.24, 2.45) is 0 Å². The number of nitrogens with one attached hydrogen (secondary N) is 2. The van der Waals surface area contributed by atoms with E-state index in [0.717, 1.165) is 19.5 Å². The molecule has 1 aromatic carbocycles. The van der Waals surface area contributed by atoms with Crippen LogP contribution in [0, 0.1) is 0 Å². The molecule has 128 valence electrons. The first kappa shape index (κ1) is 17.4. The number of carbonyl (C=O) groups excluding carboxylic acids is 1. The van der Waals surface area contributed by atoms with Crippen molar-refractivity contribution in [3.63, 3.8) is 0 Å². The fraction of sp³-hybridized carbons (Fsp3) is 0.588. The van der Waals surface area contributed by atoms with E-state index in [4.69, 9.17) is 14.2 Å². The second-order valence-electron chi connectivity index (χ2n) is 5.26. The summed E-state index contributed by atoms with van der Waals surface area (Å²) in [5.74, 6) is 1.50. The first-order chi connectivity index (χ1) is 11.2. The molecule has 0 bridgehead atoms. The Morgan fingerprint density at radius 2 is 1.74 bits per heavy atom. The highest BCUT2D eigenvalue weighted by atomic mass is 16.5. The summed E-state index contributed by atoms with van der Waals surface area (Å²) in [6.45, 7) is 8.91. The molecule has 0 spiro atoms. The van der Waals surface area contributed by atoms with Crippen molar-refractivity contribution in [2.45, 2.75) is 33.2 Å². The predicted octanol–water partition coefficient (Wildman–Crippen LogP) is 1.97. The lowest BCUT2D eigenvalue weighted by Gasteiger charge is -2.18. The molecular formula is C17H26N2O4. The fourth-order valence-electron chi connectivity index (χ4n) is 2.57. The molecule has 1 atom stereocenters. The third kappa shape index (κ3) is 4.51. The number of ether oxygens (including phenoxy) is 3. The standard InChI is InChI=1S/C17H26N2O4/c1-4-21-14-9-12(17(20)19-13-7-8-18-11-13)10-15(22-5-2)16(14)23-6-3/h9-10,13,18H,4-8,11H2,1-3H3,(H,19,20). The maximum atomic E-state index is 12.5. The van der Waals surface area contributed by atoms with Gasteiger partial charge in [0.25, 0.3) is 5.91 Å². The Bertz CT molecular complexity index is 500. The zero-order valence-corrected chi connectivity index (χ0v) is 14.1. The predicted molar refractivity (Wildman–Crippen MR) is 88.7 cm³/mol. The minimum absolute atomic E-state index is 0.122. The molecule has 1 fully saturated rings. The molecule has 23 heavy (non-hydrogen) atoms. The number of carbonyl (C=O) groups is 1. The summed E-state index contributed by atoms with van der Waals surface area (Å²) in [4.78, 5) is 12.5. The van der Waals surface area contributed by atoms with Crippen molar-refractivity contribution in [3.05, 3.63) is 17.7 Å². The second kappa shape index (κ2) is 8.62. The van der Waals surface area contributed by atoms with E-state index in [-0.39, 0.29) is 11.9 Å². The van der Waals surface area contributed by atoms with Crippen molar-refractivity contribution in [3.8, 4) is 17.2 Å². The van der Waals surface area contributed by atoms with Crippen LogP contribution >= 0.6 is 0 Å². The van der Waals surface area contributed by atoms with Gasteiger partial charge in [-0.2, -0.15) is 0 Å². The minimum atomic E-state index is -0.122. The van der Waals surface area contributed by atoms with Gasteiger partial charge in [0.05, 0.1) is 19.8 Å². The molecular weight excluding hydrogens is 296 g/mol. The third-order valence-electron chi connectivity index (χ3n) is 3.57. The highest BCUT2D eigenvalue weighted by Crippen LogP contribution is 2.39. The Hall–Kier alpha value is -1.95. The Balaban J connectivity index is 2.28. The van der Waals surface area contributed by atoms with Crippen molar-refractivity contribution >= 4 is 5.91 Å². The summed E-state index contributed by atoms with van der Waals surface area (Å²) in [5, 5.41) is 6.27. The van der Waals surface area contributed by atoms with Crippen molar-refractivity contribution < 1.29 is 19.0 Å². The molecule has 1 heterocycles. The quantitative estimate of drug-likeness (QED) is 0.766. The zero-order chi connectivity index (χ0) is 16.7. The molecule has 1 saturated heterocycles. The summed E-state index contributed by atoms with van der Waals surface area (Å²) in [6.07, 6.45) is 0.944. The van der Waals surface area contributed by atoms with E-state index < -0.39 is 0 Å². The van der Waals surface area contributed by atoms with Crippen LogP contribution in [0.3, 0.4) is 0 Å². The van der Waals surface area contributed by atoms with E-state index in [1.165, 1.54) is 0 Å². The second-order valence-corrected chi connectivity index (χ2v) is 5.26. The summed E-state index contributed by atoms with van der Waals surface area (Å²) in [6, 6.07) is 3.60. The Morgan fingerprint density at radius 1 is 1.13 bits per heavy atom. The first-order valence-electron chi connectivity index (χ1n) is 8.27. The topological polar surface area (TPSA) is 68.8 Å². The molecule has 0 radical (unpaired) electrons. The fourth-order valence-corrected chi connectivity index (χ4v) is 2.57. The molecule has 1 amide bonds. The molecule has 1 aromatic rings. The average Bonchev–Trinajstić information content (AvgIpc) is 3.03. The van der Waals surface area contributed by atoms with Gasteiger partial charge in [0.2, 0.25) is 5.75 Å². The van der Waals surface area contributed by atoms with Crippen LogP contribution in [-0.4, -0.2) is 44.9 Å². The van der Waals surface area contributed by atoms with E-state index in [1.54, 1.807) is 12.1 Å². The van der Waals surface area contributed by atoms with E-state index >= 15 is 0 Å². The highest BCUT2D eigenvalue weighted by Gasteiger charge is 2.21. The van der Waals surface area contributed by atoms with E-state index in [2.05, 4.69) is 10.6 Å². The Kier molecular flexibility index (Phi) is 6.52. The number of rotatable bonds is 8. The highest BCUT2D eigenvalue weighted by molar-refractivity contribution is 5.95. The number of hydrogen-bond acceptors (Lipinski definition) is 5. The molecule has 0 aromatic heterocycles. The lowest BCUT2D eigenvalue weighted by atomic mass is 10.1. The summed E-state index contributed by atoms with van der Waals surface area (Å²) >= 11 is 0. The zero-order valence-electron chi connectivity index (χ0n) is 14.1. The van der Waals surface area contributed by atoms with E-state index in [1.807, 2.05) is 20.8 Å². The van der Waals surface area contributed by atoms with Crippen LogP contribution in [0.2, 0.25) is 0 Å². The van der Waals surface area contributed by atoms with Crippen LogP contribution in [0.15, 0.2) is 12.1 Å². The molecule has 1 unspecified atom stereocenters. The largest absolute Gasteiger partial charge is 0.490 e. The molecule has 0 aliphatic carbocycles. The van der Waals surface area contributed by atoms with Gasteiger partial charge in [0, 0.05) is 18.2 Å². The van der Waals surface area contributed by atoms with Gasteiger partial charge in [0.15, 0.2) is 11.5 Å². The normalized spacial score (nSPS) is 16.9. The molecule has 6 heteroatoms. The third-order valence-corrected chi connectivity index (χ3v) is 3.57. The average molecular weight is 322 g/mol. The van der Waals surface area contributed by atoms with Gasteiger partial charge in [-0.1, -0.05) is 0 Å². The molecule has 1 aliphatic heterocycles. The van der Waals surface area contributed by atoms with Crippen LogP contribution in [-0.2, 0) is 0 Å².